The van der Waals surface area contributed by atoms with Gasteiger partial charge in [-0.1, -0.05) is 22.9 Å². The molecule has 0 unspecified atom stereocenters. The van der Waals surface area contributed by atoms with Crippen molar-refractivity contribution < 1.29 is 22.0 Å². The summed E-state index contributed by atoms with van der Waals surface area (Å²) in [5.74, 6) is -2.51. The van der Waals surface area contributed by atoms with Crippen molar-refractivity contribution in [2.24, 2.45) is 5.92 Å². The van der Waals surface area contributed by atoms with Gasteiger partial charge < -0.3 is 5.32 Å². The molecule has 1 N–H and O–H groups in total. The van der Waals surface area contributed by atoms with Crippen molar-refractivity contribution in [2.75, 3.05) is 18.4 Å². The number of nitrogens with one attached hydrogen (secondary N) is 1. The van der Waals surface area contributed by atoms with E-state index in [-0.39, 0.29) is 31.8 Å². The Morgan fingerprint density at radius 3 is 2.63 bits per heavy atom. The second-order valence-electron chi connectivity index (χ2n) is 6.87. The zero-order valence-corrected chi connectivity index (χ0v) is 17.8. The summed E-state index contributed by atoms with van der Waals surface area (Å²) in [7, 11) is -4.18. The molecule has 30 heavy (non-hydrogen) atoms. The van der Waals surface area contributed by atoms with E-state index < -0.39 is 32.5 Å². The molecule has 0 radical (unpaired) electrons. The Bertz CT molecular complexity index is 1220. The van der Waals surface area contributed by atoms with Gasteiger partial charge in [-0.3, -0.25) is 4.79 Å². The predicted octanol–water partition coefficient (Wildman–Crippen LogP) is 4.27. The van der Waals surface area contributed by atoms with Crippen LogP contribution in [0.1, 0.15) is 12.8 Å². The number of carbonyl (C=O) groups excluding carboxylic acids is 1. The normalized spacial score (nSPS) is 16.1. The number of sulfonamides is 1. The molecule has 0 bridgehead atoms. The average molecular weight is 472 g/mol. The smallest absolute Gasteiger partial charge is 0.246 e. The maximum Gasteiger partial charge on any atom is 0.246 e. The standard InChI is InChI=1S/C19H16ClF2N3O3S2/c20-12-1-4-15-16(9-12)29-19(23-15)24-18(26)11-5-7-25(8-6-11)30(27,28)17-10-13(21)2-3-14(17)22/h1-4,9-11H,5-8H2,(H,23,24,26). The number of carbonyl (C=O) groups is 1. The molecule has 1 aromatic heterocycles. The van der Waals surface area contributed by atoms with Crippen molar-refractivity contribution in [2.45, 2.75) is 17.7 Å². The Hall–Kier alpha value is -2.14. The van der Waals surface area contributed by atoms with Crippen molar-refractivity contribution in [1.29, 1.82) is 0 Å². The largest absolute Gasteiger partial charge is 0.302 e. The number of thiazole rings is 1. The fraction of sp³-hybridized carbons (Fsp3) is 0.263. The molecular weight excluding hydrogens is 456 g/mol. The van der Waals surface area contributed by atoms with E-state index >= 15 is 0 Å². The lowest BCUT2D eigenvalue weighted by molar-refractivity contribution is -0.120. The van der Waals surface area contributed by atoms with Crippen LogP contribution < -0.4 is 5.32 Å². The lowest BCUT2D eigenvalue weighted by Gasteiger charge is -2.30. The molecule has 158 valence electrons. The summed E-state index contributed by atoms with van der Waals surface area (Å²) in [6.45, 7) is 0.0671. The number of nitrogens with zero attached hydrogens (tertiary/aromatic N) is 2. The average Bonchev–Trinajstić information content (AvgIpc) is 3.11. The highest BCUT2D eigenvalue weighted by Gasteiger charge is 2.34. The molecule has 3 aromatic rings. The number of aromatic nitrogens is 1. The van der Waals surface area contributed by atoms with Crippen molar-refractivity contribution in [1.82, 2.24) is 9.29 Å². The predicted molar refractivity (Wildman–Crippen MR) is 111 cm³/mol. The molecule has 0 atom stereocenters. The van der Waals surface area contributed by atoms with Crippen molar-refractivity contribution in [3.63, 3.8) is 0 Å². The first kappa shape index (κ1) is 21.1. The Morgan fingerprint density at radius 1 is 1.17 bits per heavy atom. The van der Waals surface area contributed by atoms with E-state index in [2.05, 4.69) is 10.3 Å². The maximum absolute atomic E-state index is 13.9. The van der Waals surface area contributed by atoms with Gasteiger partial charge in [0.2, 0.25) is 15.9 Å². The van der Waals surface area contributed by atoms with Crippen molar-refractivity contribution in [3.05, 3.63) is 53.1 Å². The minimum atomic E-state index is -4.18. The van der Waals surface area contributed by atoms with Crippen molar-refractivity contribution >= 4 is 54.2 Å². The summed E-state index contributed by atoms with van der Waals surface area (Å²) in [6, 6.07) is 7.56. The lowest BCUT2D eigenvalue weighted by Crippen LogP contribution is -2.41. The molecule has 1 saturated heterocycles. The third kappa shape index (κ3) is 4.18. The number of rotatable bonds is 4. The summed E-state index contributed by atoms with van der Waals surface area (Å²) in [5.41, 5.74) is 0.720. The van der Waals surface area contributed by atoms with E-state index in [1.165, 1.54) is 11.3 Å². The number of hydrogen-bond donors (Lipinski definition) is 1. The van der Waals surface area contributed by atoms with Crippen LogP contribution in [0.3, 0.4) is 0 Å². The second kappa shape index (κ2) is 8.18. The number of hydrogen-bond acceptors (Lipinski definition) is 5. The third-order valence-electron chi connectivity index (χ3n) is 4.92. The highest BCUT2D eigenvalue weighted by molar-refractivity contribution is 7.89. The van der Waals surface area contributed by atoms with Crippen LogP contribution in [0, 0.1) is 17.6 Å². The number of halogens is 3. The fourth-order valence-electron chi connectivity index (χ4n) is 3.33. The molecular formula is C19H16ClF2N3O3S2. The number of anilines is 1. The van der Waals surface area contributed by atoms with Gasteiger partial charge in [-0.2, -0.15) is 4.31 Å². The highest BCUT2D eigenvalue weighted by Crippen LogP contribution is 2.30. The Labute approximate surface area is 180 Å². The first-order valence-electron chi connectivity index (χ1n) is 9.06. The monoisotopic (exact) mass is 471 g/mol. The van der Waals surface area contributed by atoms with Crippen LogP contribution in [0.4, 0.5) is 13.9 Å². The molecule has 2 aromatic carbocycles. The number of fused-ring (bicyclic) bond motifs is 1. The molecule has 1 amide bonds. The molecule has 1 aliphatic rings. The minimum absolute atomic E-state index is 0.0336. The number of amides is 1. The number of benzene rings is 2. The van der Waals surface area contributed by atoms with Gasteiger partial charge in [0.1, 0.15) is 16.5 Å². The van der Waals surface area contributed by atoms with Gasteiger partial charge in [0.25, 0.3) is 0 Å². The van der Waals surface area contributed by atoms with Crippen LogP contribution in [0.5, 0.6) is 0 Å². The summed E-state index contributed by atoms with van der Waals surface area (Å²) in [4.78, 5) is 16.2. The summed E-state index contributed by atoms with van der Waals surface area (Å²) in [6.07, 6.45) is 0.525. The first-order valence-corrected chi connectivity index (χ1v) is 11.7. The van der Waals surface area contributed by atoms with Crippen molar-refractivity contribution in [3.8, 4) is 0 Å². The molecule has 0 saturated carbocycles. The molecule has 6 nitrogen and oxygen atoms in total. The molecule has 11 heteroatoms. The van der Waals surface area contributed by atoms with Gasteiger partial charge in [0.05, 0.1) is 10.2 Å². The van der Waals surface area contributed by atoms with Gasteiger partial charge in [0.15, 0.2) is 5.13 Å². The summed E-state index contributed by atoms with van der Waals surface area (Å²) >= 11 is 7.26. The van der Waals surface area contributed by atoms with Gasteiger partial charge in [0, 0.05) is 24.0 Å². The van der Waals surface area contributed by atoms with Gasteiger partial charge in [-0.25, -0.2) is 22.2 Å². The highest BCUT2D eigenvalue weighted by atomic mass is 35.5. The van der Waals surface area contributed by atoms with Crippen LogP contribution in [0.2, 0.25) is 5.02 Å². The third-order valence-corrected chi connectivity index (χ3v) is 8.00. The number of piperidine rings is 1. The van der Waals surface area contributed by atoms with Crippen LogP contribution in [-0.2, 0) is 14.8 Å². The SMILES string of the molecule is O=C(Nc1nc2ccc(Cl)cc2s1)C1CCN(S(=O)(=O)c2cc(F)ccc2F)CC1. The Morgan fingerprint density at radius 2 is 1.90 bits per heavy atom. The fourth-order valence-corrected chi connectivity index (χ4v) is 6.02. The zero-order valence-electron chi connectivity index (χ0n) is 15.4. The van der Waals surface area contributed by atoms with E-state index in [0.29, 0.717) is 16.2 Å². The van der Waals surface area contributed by atoms with E-state index in [1.54, 1.807) is 18.2 Å². The van der Waals surface area contributed by atoms with Crippen LogP contribution in [-0.4, -0.2) is 36.7 Å². The Kier molecular flexibility index (Phi) is 5.75. The van der Waals surface area contributed by atoms with Gasteiger partial charge >= 0.3 is 0 Å². The van der Waals surface area contributed by atoms with E-state index in [4.69, 9.17) is 11.6 Å². The van der Waals surface area contributed by atoms with Crippen LogP contribution in [0.15, 0.2) is 41.3 Å². The first-order chi connectivity index (χ1) is 14.2. The van der Waals surface area contributed by atoms with E-state index in [9.17, 15) is 22.0 Å². The Balaban J connectivity index is 1.42. The quantitative estimate of drug-likeness (QED) is 0.616. The van der Waals surface area contributed by atoms with Crippen LogP contribution >= 0.6 is 22.9 Å². The minimum Gasteiger partial charge on any atom is -0.302 e. The topological polar surface area (TPSA) is 79.4 Å². The lowest BCUT2D eigenvalue weighted by atomic mass is 9.97. The second-order valence-corrected chi connectivity index (χ2v) is 10.2. The van der Waals surface area contributed by atoms with E-state index in [0.717, 1.165) is 26.7 Å². The molecule has 1 fully saturated rings. The maximum atomic E-state index is 13.9. The summed E-state index contributed by atoms with van der Waals surface area (Å²) in [5, 5.41) is 3.79. The molecule has 2 heterocycles. The molecule has 4 rings (SSSR count). The zero-order chi connectivity index (χ0) is 21.5. The van der Waals surface area contributed by atoms with Gasteiger partial charge in [-0.15, -0.1) is 0 Å². The summed E-state index contributed by atoms with van der Waals surface area (Å²) < 4.78 is 54.6. The molecule has 0 aliphatic carbocycles. The van der Waals surface area contributed by atoms with Gasteiger partial charge in [-0.05, 0) is 49.2 Å². The molecule has 0 spiro atoms. The van der Waals surface area contributed by atoms with Crippen LogP contribution in [0.25, 0.3) is 10.2 Å². The van der Waals surface area contributed by atoms with E-state index in [1.807, 2.05) is 0 Å². The molecule has 1 aliphatic heterocycles.